The van der Waals surface area contributed by atoms with Gasteiger partial charge in [0, 0.05) is 19.3 Å². The molecule has 3 heterocycles. The van der Waals surface area contributed by atoms with Crippen LogP contribution in [0.15, 0.2) is 54.0 Å². The average Bonchev–Trinajstić information content (AvgIpc) is 3.52. The van der Waals surface area contributed by atoms with Gasteiger partial charge < -0.3 is 14.8 Å². The van der Waals surface area contributed by atoms with Gasteiger partial charge in [-0.2, -0.15) is 5.10 Å². The van der Waals surface area contributed by atoms with Crippen molar-refractivity contribution in [1.82, 2.24) is 15.1 Å². The number of carbonyl (C=O) groups excluding carboxylic acids is 2. The predicted octanol–water partition coefficient (Wildman–Crippen LogP) is 3.05. The number of nitrogens with one attached hydrogen (secondary N) is 1. The highest BCUT2D eigenvalue weighted by Crippen LogP contribution is 2.28. The number of thiophene rings is 1. The van der Waals surface area contributed by atoms with Gasteiger partial charge in [-0.1, -0.05) is 24.3 Å². The lowest BCUT2D eigenvalue weighted by molar-refractivity contribution is -0.124. The first-order valence-electron chi connectivity index (χ1n) is 9.45. The Hall–Kier alpha value is -2.97. The summed E-state index contributed by atoms with van der Waals surface area (Å²) in [4.78, 5) is 25.6. The molecule has 150 valence electrons. The maximum atomic E-state index is 12.7. The largest absolute Gasteiger partial charge is 0.452 e. The minimum absolute atomic E-state index is 0.0455. The number of para-hydroxylation sites is 1. The van der Waals surface area contributed by atoms with E-state index < -0.39 is 5.97 Å². The van der Waals surface area contributed by atoms with E-state index in [-0.39, 0.29) is 18.6 Å². The number of ether oxygens (including phenoxy) is 2. The molecule has 0 unspecified atom stereocenters. The number of benzene rings is 1. The smallest absolute Gasteiger partial charge is 0.342 e. The molecule has 1 atom stereocenters. The lowest BCUT2D eigenvalue weighted by Crippen LogP contribution is -2.34. The number of nitrogens with zero attached hydrogens (tertiary/aromatic N) is 2. The Morgan fingerprint density at radius 2 is 2.10 bits per heavy atom. The van der Waals surface area contributed by atoms with E-state index in [9.17, 15) is 9.59 Å². The first kappa shape index (κ1) is 19.4. The van der Waals surface area contributed by atoms with Crippen molar-refractivity contribution in [3.8, 4) is 16.3 Å². The zero-order valence-electron chi connectivity index (χ0n) is 15.7. The van der Waals surface area contributed by atoms with E-state index in [1.54, 1.807) is 10.9 Å². The lowest BCUT2D eigenvalue weighted by Gasteiger charge is -2.10. The van der Waals surface area contributed by atoms with Crippen LogP contribution >= 0.6 is 11.3 Å². The lowest BCUT2D eigenvalue weighted by atomic mass is 10.2. The summed E-state index contributed by atoms with van der Waals surface area (Å²) in [5.41, 5.74) is 1.69. The van der Waals surface area contributed by atoms with Gasteiger partial charge in [-0.05, 0) is 36.4 Å². The molecule has 1 aromatic carbocycles. The Bertz CT molecular complexity index is 963. The molecule has 0 aliphatic carbocycles. The van der Waals surface area contributed by atoms with Crippen molar-refractivity contribution >= 4 is 23.2 Å². The first-order chi connectivity index (χ1) is 14.2. The molecule has 0 saturated carbocycles. The van der Waals surface area contributed by atoms with E-state index in [1.165, 1.54) is 11.3 Å². The Kier molecular flexibility index (Phi) is 6.02. The van der Waals surface area contributed by atoms with E-state index in [4.69, 9.17) is 9.47 Å². The quantitative estimate of drug-likeness (QED) is 0.604. The SMILES string of the molecule is O=C(COC(=O)c1cn(-c2ccccc2)nc1-c1cccs1)NC[C@H]1CCCO1. The Balaban J connectivity index is 1.45. The average molecular weight is 411 g/mol. The highest BCUT2D eigenvalue weighted by atomic mass is 32.1. The van der Waals surface area contributed by atoms with Gasteiger partial charge in [0.1, 0.15) is 11.3 Å². The number of hydrogen-bond acceptors (Lipinski definition) is 6. The second-order valence-corrected chi connectivity index (χ2v) is 7.61. The van der Waals surface area contributed by atoms with Crippen LogP contribution in [0.4, 0.5) is 0 Å². The molecule has 4 rings (SSSR count). The van der Waals surface area contributed by atoms with Crippen molar-refractivity contribution in [2.45, 2.75) is 18.9 Å². The van der Waals surface area contributed by atoms with Gasteiger partial charge in [-0.3, -0.25) is 4.79 Å². The predicted molar refractivity (Wildman–Crippen MR) is 109 cm³/mol. The number of esters is 1. The fraction of sp³-hybridized carbons (Fsp3) is 0.286. The van der Waals surface area contributed by atoms with Crippen LogP contribution in [-0.4, -0.2) is 47.5 Å². The minimum Gasteiger partial charge on any atom is -0.452 e. The van der Waals surface area contributed by atoms with Gasteiger partial charge in [0.15, 0.2) is 6.61 Å². The van der Waals surface area contributed by atoms with Crippen LogP contribution in [0.1, 0.15) is 23.2 Å². The van der Waals surface area contributed by atoms with Crippen molar-refractivity contribution < 1.29 is 19.1 Å². The molecule has 7 nitrogen and oxygen atoms in total. The van der Waals surface area contributed by atoms with E-state index in [0.29, 0.717) is 17.8 Å². The molecule has 29 heavy (non-hydrogen) atoms. The van der Waals surface area contributed by atoms with Crippen molar-refractivity contribution in [3.05, 3.63) is 59.6 Å². The Morgan fingerprint density at radius 3 is 2.83 bits per heavy atom. The fourth-order valence-electron chi connectivity index (χ4n) is 3.12. The van der Waals surface area contributed by atoms with Gasteiger partial charge >= 0.3 is 5.97 Å². The molecule has 1 N–H and O–H groups in total. The van der Waals surface area contributed by atoms with Gasteiger partial charge in [0.05, 0.1) is 16.7 Å². The summed E-state index contributed by atoms with van der Waals surface area (Å²) in [6.45, 7) is 0.821. The number of carbonyl (C=O) groups is 2. The second kappa shape index (κ2) is 9.02. The van der Waals surface area contributed by atoms with Crippen LogP contribution in [0, 0.1) is 0 Å². The maximum absolute atomic E-state index is 12.7. The summed E-state index contributed by atoms with van der Waals surface area (Å²) in [5.74, 6) is -0.926. The van der Waals surface area contributed by atoms with Gasteiger partial charge in [0.25, 0.3) is 5.91 Å². The zero-order valence-corrected chi connectivity index (χ0v) is 16.6. The van der Waals surface area contributed by atoms with Crippen molar-refractivity contribution in [2.75, 3.05) is 19.8 Å². The molecule has 1 fully saturated rings. The number of aromatic nitrogens is 2. The van der Waals surface area contributed by atoms with Crippen LogP contribution in [0.2, 0.25) is 0 Å². The molecule has 3 aromatic rings. The van der Waals surface area contributed by atoms with Crippen LogP contribution in [0.3, 0.4) is 0 Å². The molecule has 0 radical (unpaired) electrons. The minimum atomic E-state index is -0.581. The standard InChI is InChI=1S/C21H21N3O4S/c25-19(22-12-16-8-4-10-27-16)14-28-21(26)17-13-24(15-6-2-1-3-7-15)23-20(17)18-9-5-11-29-18/h1-3,5-7,9,11,13,16H,4,8,10,12,14H2,(H,22,25)/t16-/m1/s1. The van der Waals surface area contributed by atoms with E-state index in [1.807, 2.05) is 47.8 Å². The van der Waals surface area contributed by atoms with Gasteiger partial charge in [0.2, 0.25) is 0 Å². The highest BCUT2D eigenvalue weighted by Gasteiger charge is 2.22. The third-order valence-electron chi connectivity index (χ3n) is 4.59. The first-order valence-corrected chi connectivity index (χ1v) is 10.3. The van der Waals surface area contributed by atoms with Crippen molar-refractivity contribution in [3.63, 3.8) is 0 Å². The summed E-state index contributed by atoms with van der Waals surface area (Å²) in [7, 11) is 0. The van der Waals surface area contributed by atoms with E-state index in [0.717, 1.165) is 30.0 Å². The summed E-state index contributed by atoms with van der Waals surface area (Å²) >= 11 is 1.49. The highest BCUT2D eigenvalue weighted by molar-refractivity contribution is 7.13. The summed E-state index contributed by atoms with van der Waals surface area (Å²) in [6.07, 6.45) is 3.62. The molecule has 0 spiro atoms. The van der Waals surface area contributed by atoms with Gasteiger partial charge in [-0.15, -0.1) is 11.3 Å². The van der Waals surface area contributed by atoms with Crippen LogP contribution in [0.5, 0.6) is 0 Å². The molecule has 1 amide bonds. The monoisotopic (exact) mass is 411 g/mol. The third kappa shape index (κ3) is 4.72. The second-order valence-electron chi connectivity index (χ2n) is 6.66. The summed E-state index contributed by atoms with van der Waals surface area (Å²) in [6, 6.07) is 13.3. The number of amides is 1. The molecule has 1 aliphatic heterocycles. The topological polar surface area (TPSA) is 82.5 Å². The zero-order chi connectivity index (χ0) is 20.1. The van der Waals surface area contributed by atoms with Crippen LogP contribution < -0.4 is 5.32 Å². The normalized spacial score (nSPS) is 15.9. The molecule has 1 aliphatic rings. The van der Waals surface area contributed by atoms with E-state index >= 15 is 0 Å². The molecular weight excluding hydrogens is 390 g/mol. The van der Waals surface area contributed by atoms with E-state index in [2.05, 4.69) is 10.4 Å². The molecule has 2 aromatic heterocycles. The summed E-state index contributed by atoms with van der Waals surface area (Å²) < 4.78 is 12.4. The Labute approximate surface area is 172 Å². The summed E-state index contributed by atoms with van der Waals surface area (Å²) in [5, 5.41) is 9.23. The number of hydrogen-bond donors (Lipinski definition) is 1. The van der Waals surface area contributed by atoms with Crippen molar-refractivity contribution in [2.24, 2.45) is 0 Å². The van der Waals surface area contributed by atoms with Crippen LogP contribution in [-0.2, 0) is 14.3 Å². The van der Waals surface area contributed by atoms with Crippen molar-refractivity contribution in [1.29, 1.82) is 0 Å². The third-order valence-corrected chi connectivity index (χ3v) is 5.47. The fourth-order valence-corrected chi connectivity index (χ4v) is 3.85. The molecular formula is C21H21N3O4S. The molecule has 1 saturated heterocycles. The maximum Gasteiger partial charge on any atom is 0.342 e. The molecule has 8 heteroatoms. The number of rotatable bonds is 7. The van der Waals surface area contributed by atoms with Crippen LogP contribution in [0.25, 0.3) is 16.3 Å². The van der Waals surface area contributed by atoms with Gasteiger partial charge in [-0.25, -0.2) is 9.48 Å². The Morgan fingerprint density at radius 1 is 1.24 bits per heavy atom. The molecule has 0 bridgehead atoms.